The topological polar surface area (TPSA) is 83.6 Å². The summed E-state index contributed by atoms with van der Waals surface area (Å²) in [5.74, 6) is 0.138. The molecule has 0 aliphatic carbocycles. The molecule has 1 saturated heterocycles. The van der Waals surface area contributed by atoms with Crippen LogP contribution < -0.4 is 5.73 Å². The average Bonchev–Trinajstić information content (AvgIpc) is 2.32. The van der Waals surface area contributed by atoms with E-state index in [4.69, 9.17) is 5.73 Å². The molecule has 0 aromatic heterocycles. The first-order chi connectivity index (χ1) is 8.82. The molecular weight excluding hydrogens is 264 g/mol. The minimum Gasteiger partial charge on any atom is -0.399 e. The average molecular weight is 284 g/mol. The maximum atomic E-state index is 12.5. The minimum absolute atomic E-state index is 0.138. The van der Waals surface area contributed by atoms with Gasteiger partial charge in [-0.05, 0) is 43.0 Å². The number of piperidine rings is 1. The van der Waals surface area contributed by atoms with Crippen LogP contribution in [0.1, 0.15) is 18.9 Å². The van der Waals surface area contributed by atoms with Gasteiger partial charge in [-0.15, -0.1) is 0 Å². The van der Waals surface area contributed by atoms with Crippen molar-refractivity contribution in [3.8, 4) is 0 Å². The molecule has 1 aromatic rings. The molecule has 6 heteroatoms. The van der Waals surface area contributed by atoms with Crippen LogP contribution in [-0.4, -0.2) is 37.0 Å². The van der Waals surface area contributed by atoms with E-state index in [9.17, 15) is 13.5 Å². The van der Waals surface area contributed by atoms with Crippen molar-refractivity contribution in [1.82, 2.24) is 4.31 Å². The Kier molecular flexibility index (Phi) is 3.85. The molecule has 2 atom stereocenters. The fourth-order valence-corrected chi connectivity index (χ4v) is 4.02. The van der Waals surface area contributed by atoms with Gasteiger partial charge in [0.1, 0.15) is 0 Å². The summed E-state index contributed by atoms with van der Waals surface area (Å²) in [6.07, 6.45) is 0.0756. The van der Waals surface area contributed by atoms with Crippen LogP contribution in [0.2, 0.25) is 0 Å². The van der Waals surface area contributed by atoms with Crippen molar-refractivity contribution in [2.45, 2.75) is 31.3 Å². The summed E-state index contributed by atoms with van der Waals surface area (Å²) in [5.41, 5.74) is 6.82. The van der Waals surface area contributed by atoms with E-state index in [-0.39, 0.29) is 17.4 Å². The Morgan fingerprint density at radius 2 is 2.11 bits per heavy atom. The second kappa shape index (κ2) is 5.11. The van der Waals surface area contributed by atoms with E-state index in [1.54, 1.807) is 19.1 Å². The molecule has 1 heterocycles. The molecule has 19 heavy (non-hydrogen) atoms. The molecular formula is C13H20N2O3S. The lowest BCUT2D eigenvalue weighted by Gasteiger charge is -2.33. The standard InChI is InChI=1S/C13H20N2O3S/c1-9-5-6-15(8-12(9)16)19(17,18)13-4-3-11(14)7-10(13)2/h3-4,7,9,12,16H,5-6,8,14H2,1-2H3. The monoisotopic (exact) mass is 284 g/mol. The molecule has 0 spiro atoms. The number of nitrogen functional groups attached to an aromatic ring is 1. The van der Waals surface area contributed by atoms with Crippen LogP contribution in [0.3, 0.4) is 0 Å². The normalized spacial score (nSPS) is 25.4. The van der Waals surface area contributed by atoms with E-state index in [0.717, 1.165) is 0 Å². The van der Waals surface area contributed by atoms with E-state index in [2.05, 4.69) is 0 Å². The smallest absolute Gasteiger partial charge is 0.243 e. The number of nitrogens with zero attached hydrogens (tertiary/aromatic N) is 1. The zero-order valence-corrected chi connectivity index (χ0v) is 12.0. The first-order valence-electron chi connectivity index (χ1n) is 6.36. The number of sulfonamides is 1. The van der Waals surface area contributed by atoms with Gasteiger partial charge in [-0.1, -0.05) is 6.92 Å². The summed E-state index contributed by atoms with van der Waals surface area (Å²) in [5, 5.41) is 9.85. The summed E-state index contributed by atoms with van der Waals surface area (Å²) in [6, 6.07) is 4.77. The molecule has 3 N–H and O–H groups in total. The molecule has 0 bridgehead atoms. The third-order valence-electron chi connectivity index (χ3n) is 3.70. The van der Waals surface area contributed by atoms with Crippen LogP contribution in [0.4, 0.5) is 5.69 Å². The van der Waals surface area contributed by atoms with Crippen LogP contribution in [-0.2, 0) is 10.0 Å². The highest BCUT2D eigenvalue weighted by molar-refractivity contribution is 7.89. The molecule has 0 saturated carbocycles. The predicted molar refractivity (Wildman–Crippen MR) is 74.1 cm³/mol. The summed E-state index contributed by atoms with van der Waals surface area (Å²) in [4.78, 5) is 0.267. The highest BCUT2D eigenvalue weighted by atomic mass is 32.2. The highest BCUT2D eigenvalue weighted by Crippen LogP contribution is 2.26. The third-order valence-corrected chi connectivity index (χ3v) is 5.72. The molecule has 2 rings (SSSR count). The van der Waals surface area contributed by atoms with Crippen LogP contribution in [0.15, 0.2) is 23.1 Å². The van der Waals surface area contributed by atoms with Crippen molar-refractivity contribution < 1.29 is 13.5 Å². The van der Waals surface area contributed by atoms with Crippen molar-refractivity contribution >= 4 is 15.7 Å². The lowest BCUT2D eigenvalue weighted by atomic mass is 9.98. The number of anilines is 1. The fraction of sp³-hybridized carbons (Fsp3) is 0.538. The Hall–Kier alpha value is -1.11. The summed E-state index contributed by atoms with van der Waals surface area (Å²) in [7, 11) is -3.55. The molecule has 0 radical (unpaired) electrons. The van der Waals surface area contributed by atoms with Gasteiger partial charge >= 0.3 is 0 Å². The quantitative estimate of drug-likeness (QED) is 0.793. The largest absolute Gasteiger partial charge is 0.399 e. The van der Waals surface area contributed by atoms with Gasteiger partial charge < -0.3 is 10.8 Å². The number of aliphatic hydroxyl groups excluding tert-OH is 1. The second-order valence-electron chi connectivity index (χ2n) is 5.22. The molecule has 106 valence electrons. The van der Waals surface area contributed by atoms with Crippen molar-refractivity contribution in [1.29, 1.82) is 0 Å². The van der Waals surface area contributed by atoms with Crippen molar-refractivity contribution in [2.75, 3.05) is 18.8 Å². The SMILES string of the molecule is Cc1cc(N)ccc1S(=O)(=O)N1CCC(C)C(O)C1. The predicted octanol–water partition coefficient (Wildman–Crippen LogP) is 0.969. The van der Waals surface area contributed by atoms with Crippen LogP contribution in [0.5, 0.6) is 0 Å². The van der Waals surface area contributed by atoms with Crippen LogP contribution in [0.25, 0.3) is 0 Å². The first-order valence-corrected chi connectivity index (χ1v) is 7.80. The molecule has 1 aliphatic rings. The van der Waals surface area contributed by atoms with Crippen molar-refractivity contribution in [3.63, 3.8) is 0 Å². The van der Waals surface area contributed by atoms with E-state index in [1.807, 2.05) is 6.92 Å². The number of aliphatic hydroxyl groups is 1. The fourth-order valence-electron chi connectivity index (χ4n) is 2.34. The highest BCUT2D eigenvalue weighted by Gasteiger charge is 2.33. The first kappa shape index (κ1) is 14.3. The second-order valence-corrected chi connectivity index (χ2v) is 7.13. The molecule has 1 aliphatic heterocycles. The maximum Gasteiger partial charge on any atom is 0.243 e. The number of hydrogen-bond donors (Lipinski definition) is 2. The molecule has 1 fully saturated rings. The Morgan fingerprint density at radius 1 is 1.42 bits per heavy atom. The number of hydrogen-bond acceptors (Lipinski definition) is 4. The number of aryl methyl sites for hydroxylation is 1. The Labute approximate surface area is 114 Å². The van der Waals surface area contributed by atoms with Gasteiger partial charge in [0, 0.05) is 18.8 Å². The number of rotatable bonds is 2. The maximum absolute atomic E-state index is 12.5. The summed E-state index contributed by atoms with van der Waals surface area (Å²) < 4.78 is 26.4. The van der Waals surface area contributed by atoms with E-state index >= 15 is 0 Å². The lowest BCUT2D eigenvalue weighted by molar-refractivity contribution is 0.0605. The van der Waals surface area contributed by atoms with Crippen LogP contribution >= 0.6 is 0 Å². The van der Waals surface area contributed by atoms with Gasteiger partial charge in [0.05, 0.1) is 11.0 Å². The van der Waals surface area contributed by atoms with Gasteiger partial charge in [-0.2, -0.15) is 4.31 Å². The zero-order chi connectivity index (χ0) is 14.2. The van der Waals surface area contributed by atoms with Crippen LogP contribution in [0, 0.1) is 12.8 Å². The number of benzene rings is 1. The minimum atomic E-state index is -3.55. The number of β-amino-alcohol motifs (C(OH)–C–C–N with tert-alkyl or cyclic N) is 1. The molecule has 1 aromatic carbocycles. The molecule has 2 unspecified atom stereocenters. The van der Waals surface area contributed by atoms with Gasteiger partial charge in [0.2, 0.25) is 10.0 Å². The van der Waals surface area contributed by atoms with Gasteiger partial charge in [0.15, 0.2) is 0 Å². The number of nitrogens with two attached hydrogens (primary N) is 1. The summed E-state index contributed by atoms with van der Waals surface area (Å²) >= 11 is 0. The van der Waals surface area contributed by atoms with Gasteiger partial charge in [-0.3, -0.25) is 0 Å². The van der Waals surface area contributed by atoms with Gasteiger partial charge in [-0.25, -0.2) is 8.42 Å². The third kappa shape index (κ3) is 2.75. The van der Waals surface area contributed by atoms with Crippen molar-refractivity contribution in [2.24, 2.45) is 5.92 Å². The summed E-state index contributed by atoms with van der Waals surface area (Å²) in [6.45, 7) is 4.27. The molecule has 5 nitrogen and oxygen atoms in total. The van der Waals surface area contributed by atoms with E-state index in [0.29, 0.717) is 24.2 Å². The Morgan fingerprint density at radius 3 is 2.68 bits per heavy atom. The van der Waals surface area contributed by atoms with E-state index < -0.39 is 16.1 Å². The Balaban J connectivity index is 2.32. The lowest BCUT2D eigenvalue weighted by Crippen LogP contribution is -2.45. The molecule has 0 amide bonds. The van der Waals surface area contributed by atoms with E-state index in [1.165, 1.54) is 10.4 Å². The van der Waals surface area contributed by atoms with Gasteiger partial charge in [0.25, 0.3) is 0 Å². The van der Waals surface area contributed by atoms with Crippen molar-refractivity contribution in [3.05, 3.63) is 23.8 Å². The Bertz CT molecular complexity index is 571. The zero-order valence-electron chi connectivity index (χ0n) is 11.2.